The molecule has 1 saturated heterocycles. The second-order valence-electron chi connectivity index (χ2n) is 9.56. The molecule has 3 aromatic rings. The van der Waals surface area contributed by atoms with Crippen LogP contribution in [0, 0.1) is 17.0 Å². The monoisotopic (exact) mass is 625 g/mol. The first kappa shape index (κ1) is 31.9. The molecule has 0 radical (unpaired) electrons. The van der Waals surface area contributed by atoms with Crippen molar-refractivity contribution < 1.29 is 37.1 Å². The number of amides is 2. The summed E-state index contributed by atoms with van der Waals surface area (Å²) in [5.74, 6) is 0.0486. The first-order valence-electron chi connectivity index (χ1n) is 13.4. The number of nitrogens with zero attached hydrogens (tertiary/aromatic N) is 4. The van der Waals surface area contributed by atoms with Crippen molar-refractivity contribution >= 4 is 39.4 Å². The summed E-state index contributed by atoms with van der Waals surface area (Å²) in [5.41, 5.74) is 2.97. The van der Waals surface area contributed by atoms with Crippen molar-refractivity contribution in [1.29, 1.82) is 0 Å². The summed E-state index contributed by atoms with van der Waals surface area (Å²) in [6, 6.07) is 16.1. The van der Waals surface area contributed by atoms with Crippen molar-refractivity contribution in [1.82, 2.24) is 10.3 Å². The molecule has 0 saturated carbocycles. The molecule has 0 aromatic heterocycles. The van der Waals surface area contributed by atoms with Gasteiger partial charge in [0, 0.05) is 24.7 Å². The summed E-state index contributed by atoms with van der Waals surface area (Å²) in [6.45, 7) is 2.79. The molecule has 14 nitrogen and oxygen atoms in total. The predicted molar refractivity (Wildman–Crippen MR) is 160 cm³/mol. The highest BCUT2D eigenvalue weighted by molar-refractivity contribution is 7.92. The molecular weight excluding hydrogens is 594 g/mol. The number of carbonyl (C=O) groups is 2. The number of methoxy groups -OCH3 is 1. The van der Waals surface area contributed by atoms with Gasteiger partial charge >= 0.3 is 0 Å². The molecular formula is C29H31N5O9S. The van der Waals surface area contributed by atoms with Gasteiger partial charge in [-0.3, -0.25) is 24.0 Å². The Bertz CT molecular complexity index is 1620. The second-order valence-corrected chi connectivity index (χ2v) is 11.4. The number of sulfonamides is 1. The number of hydrogen-bond acceptors (Lipinski definition) is 10. The van der Waals surface area contributed by atoms with E-state index in [2.05, 4.69) is 10.5 Å². The minimum atomic E-state index is -4.41. The number of anilines is 1. The van der Waals surface area contributed by atoms with Gasteiger partial charge in [0.1, 0.15) is 18.0 Å². The van der Waals surface area contributed by atoms with E-state index in [0.29, 0.717) is 43.4 Å². The van der Waals surface area contributed by atoms with E-state index in [1.807, 2.05) is 0 Å². The Kier molecular flexibility index (Phi) is 10.5. The average Bonchev–Trinajstić information content (AvgIpc) is 3.03. The van der Waals surface area contributed by atoms with Gasteiger partial charge in [0.2, 0.25) is 0 Å². The van der Waals surface area contributed by atoms with E-state index in [1.165, 1.54) is 56.6 Å². The summed E-state index contributed by atoms with van der Waals surface area (Å²) in [5, 5.41) is 15.4. The maximum absolute atomic E-state index is 13.6. The Hall–Kier alpha value is -5.02. The number of hydrogen-bond donors (Lipinski definition) is 1. The fourth-order valence-electron chi connectivity index (χ4n) is 4.18. The van der Waals surface area contributed by atoms with Crippen molar-refractivity contribution in [3.63, 3.8) is 0 Å². The van der Waals surface area contributed by atoms with Crippen LogP contribution in [-0.2, 0) is 24.3 Å². The Morgan fingerprint density at radius 3 is 2.36 bits per heavy atom. The molecule has 1 heterocycles. The number of benzene rings is 3. The van der Waals surface area contributed by atoms with Crippen LogP contribution >= 0.6 is 0 Å². The lowest BCUT2D eigenvalue weighted by atomic mass is 10.2. The second kappa shape index (κ2) is 14.4. The molecule has 1 fully saturated rings. The highest BCUT2D eigenvalue weighted by Gasteiger charge is 2.29. The molecule has 4 rings (SSSR count). The molecule has 0 spiro atoms. The van der Waals surface area contributed by atoms with E-state index >= 15 is 0 Å². The van der Waals surface area contributed by atoms with Gasteiger partial charge in [-0.05, 0) is 67.1 Å². The minimum absolute atomic E-state index is 0.104. The van der Waals surface area contributed by atoms with E-state index in [0.717, 1.165) is 10.4 Å². The summed E-state index contributed by atoms with van der Waals surface area (Å²) >= 11 is 0. The van der Waals surface area contributed by atoms with Crippen LogP contribution in [0.5, 0.6) is 11.5 Å². The molecule has 0 bridgehead atoms. The first-order chi connectivity index (χ1) is 21.1. The Morgan fingerprint density at radius 2 is 1.73 bits per heavy atom. The van der Waals surface area contributed by atoms with Crippen LogP contribution in [0.25, 0.3) is 0 Å². The lowest BCUT2D eigenvalue weighted by molar-refractivity contribution is -0.385. The predicted octanol–water partition coefficient (Wildman–Crippen LogP) is 2.50. The fourth-order valence-corrected chi connectivity index (χ4v) is 5.62. The molecule has 0 atom stereocenters. The van der Waals surface area contributed by atoms with Crippen LogP contribution < -0.4 is 19.2 Å². The number of hydrazone groups is 1. The van der Waals surface area contributed by atoms with Gasteiger partial charge in [-0.15, -0.1) is 0 Å². The molecule has 2 amide bonds. The quantitative estimate of drug-likeness (QED) is 0.180. The molecule has 0 unspecified atom stereocenters. The first-order valence-corrected chi connectivity index (χ1v) is 14.8. The van der Waals surface area contributed by atoms with Crippen LogP contribution in [-0.4, -0.2) is 82.8 Å². The van der Waals surface area contributed by atoms with Gasteiger partial charge in [0.25, 0.3) is 27.5 Å². The van der Waals surface area contributed by atoms with Crippen LogP contribution in [0.1, 0.15) is 11.1 Å². The molecule has 1 N–H and O–H groups in total. The zero-order chi connectivity index (χ0) is 31.7. The summed E-state index contributed by atoms with van der Waals surface area (Å²) in [6.07, 6.45) is 1.36. The van der Waals surface area contributed by atoms with E-state index in [9.17, 15) is 28.1 Å². The molecule has 3 aromatic carbocycles. The maximum atomic E-state index is 13.6. The van der Waals surface area contributed by atoms with Crippen molar-refractivity contribution in [3.05, 3.63) is 88.0 Å². The maximum Gasteiger partial charge on any atom is 0.273 e. The molecule has 44 heavy (non-hydrogen) atoms. The Morgan fingerprint density at radius 1 is 1.07 bits per heavy atom. The van der Waals surface area contributed by atoms with Gasteiger partial charge in [0.05, 0.1) is 42.0 Å². The van der Waals surface area contributed by atoms with E-state index < -0.39 is 27.4 Å². The van der Waals surface area contributed by atoms with Gasteiger partial charge in [-0.2, -0.15) is 5.10 Å². The molecule has 1 aliphatic heterocycles. The molecule has 0 aliphatic carbocycles. The normalized spacial score (nSPS) is 13.4. The van der Waals surface area contributed by atoms with Crippen molar-refractivity contribution in [2.75, 3.05) is 50.9 Å². The highest BCUT2D eigenvalue weighted by atomic mass is 32.2. The van der Waals surface area contributed by atoms with E-state index in [-0.39, 0.29) is 34.3 Å². The van der Waals surface area contributed by atoms with Crippen molar-refractivity contribution in [2.45, 2.75) is 11.8 Å². The number of nitro benzene ring substituents is 1. The number of rotatable bonds is 12. The number of morpholine rings is 1. The van der Waals surface area contributed by atoms with Crippen LogP contribution in [0.2, 0.25) is 0 Å². The molecule has 1 aliphatic rings. The third-order valence-electron chi connectivity index (χ3n) is 6.62. The third-order valence-corrected chi connectivity index (χ3v) is 8.39. The summed E-state index contributed by atoms with van der Waals surface area (Å²) < 4.78 is 44.0. The van der Waals surface area contributed by atoms with Crippen molar-refractivity contribution in [3.8, 4) is 11.5 Å². The lowest BCUT2D eigenvalue weighted by Gasteiger charge is -2.26. The van der Waals surface area contributed by atoms with Gasteiger partial charge < -0.3 is 19.1 Å². The largest absolute Gasteiger partial charge is 0.497 e. The van der Waals surface area contributed by atoms with Crippen LogP contribution in [0.4, 0.5) is 11.4 Å². The SMILES string of the molecule is COc1ccc(N(CC(=O)N/N=C\c2ccc(OCC(=O)N3CCOCC3)cc2)S(=O)(=O)c2ccc(C)c([N+](=O)[O-])c2)cc1. The van der Waals surface area contributed by atoms with E-state index in [1.54, 1.807) is 29.2 Å². The molecule has 15 heteroatoms. The van der Waals surface area contributed by atoms with E-state index in [4.69, 9.17) is 14.2 Å². The summed E-state index contributed by atoms with van der Waals surface area (Å²) in [7, 11) is -2.96. The standard InChI is InChI=1S/C29H31N5O9S/c1-21-3-12-26(17-27(21)34(37)38)44(39,40)33(23-6-10-24(41-2)11-7-23)19-28(35)31-30-18-22-4-8-25(9-5-22)43-20-29(36)32-13-15-42-16-14-32/h3-12,17-18H,13-16,19-20H2,1-2H3,(H,31,35)/b30-18-. The highest BCUT2D eigenvalue weighted by Crippen LogP contribution is 2.29. The Labute approximate surface area is 254 Å². The number of nitrogens with one attached hydrogen (secondary N) is 1. The number of aryl methyl sites for hydroxylation is 1. The zero-order valence-electron chi connectivity index (χ0n) is 24.0. The third kappa shape index (κ3) is 8.08. The van der Waals surface area contributed by atoms with Crippen LogP contribution in [0.3, 0.4) is 0 Å². The average molecular weight is 626 g/mol. The molecule has 232 valence electrons. The summed E-state index contributed by atoms with van der Waals surface area (Å²) in [4.78, 5) is 37.2. The Balaban J connectivity index is 1.42. The number of ether oxygens (including phenoxy) is 3. The minimum Gasteiger partial charge on any atom is -0.497 e. The topological polar surface area (TPSA) is 170 Å². The van der Waals surface area contributed by atoms with Gasteiger partial charge in [0.15, 0.2) is 6.61 Å². The van der Waals surface area contributed by atoms with Crippen molar-refractivity contribution in [2.24, 2.45) is 5.10 Å². The van der Waals surface area contributed by atoms with Gasteiger partial charge in [-0.25, -0.2) is 13.8 Å². The fraction of sp³-hybridized carbons (Fsp3) is 0.276. The number of nitro groups is 1. The van der Waals surface area contributed by atoms with Crippen LogP contribution in [0.15, 0.2) is 76.7 Å². The lowest BCUT2D eigenvalue weighted by Crippen LogP contribution is -2.42. The smallest absolute Gasteiger partial charge is 0.273 e. The zero-order valence-corrected chi connectivity index (χ0v) is 24.9. The van der Waals surface area contributed by atoms with Gasteiger partial charge in [-0.1, -0.05) is 6.07 Å². The number of carbonyl (C=O) groups excluding carboxylic acids is 2.